The summed E-state index contributed by atoms with van der Waals surface area (Å²) >= 11 is 0. The van der Waals surface area contributed by atoms with E-state index in [2.05, 4.69) is 10.6 Å². The fourth-order valence-electron chi connectivity index (χ4n) is 3.00. The van der Waals surface area contributed by atoms with Crippen LogP contribution in [0.2, 0.25) is 0 Å². The molecule has 2 N–H and O–H groups in total. The summed E-state index contributed by atoms with van der Waals surface area (Å²) in [5, 5.41) is 15.5. The summed E-state index contributed by atoms with van der Waals surface area (Å²) in [7, 11) is 0. The molecule has 2 atom stereocenters. The Morgan fingerprint density at radius 3 is 2.15 bits per heavy atom. The van der Waals surface area contributed by atoms with Crippen LogP contribution in [0.1, 0.15) is 40.1 Å². The van der Waals surface area contributed by atoms with Gasteiger partial charge < -0.3 is 20.5 Å². The van der Waals surface area contributed by atoms with Crippen LogP contribution in [-0.4, -0.2) is 35.7 Å². The molecule has 0 bridgehead atoms. The van der Waals surface area contributed by atoms with Gasteiger partial charge in [0.2, 0.25) is 5.91 Å². The molecule has 2 aromatic rings. The van der Waals surface area contributed by atoms with Crippen LogP contribution in [0.3, 0.4) is 0 Å². The van der Waals surface area contributed by atoms with Gasteiger partial charge in [-0.3, -0.25) is 14.4 Å². The van der Waals surface area contributed by atoms with Gasteiger partial charge in [-0.15, -0.1) is 0 Å². The SMILES string of the molecule is C[C@H](NC(=O)[C@H](C)NC(=O)c1cccc2c1-c1ccccc1C2=O)C(=O)[O-]. The maximum atomic E-state index is 12.7. The second-order valence-corrected chi connectivity index (χ2v) is 6.35. The topological polar surface area (TPSA) is 115 Å². The van der Waals surface area contributed by atoms with Crippen LogP contribution < -0.4 is 15.7 Å². The van der Waals surface area contributed by atoms with Crippen molar-refractivity contribution in [3.8, 4) is 11.1 Å². The van der Waals surface area contributed by atoms with Crippen molar-refractivity contribution < 1.29 is 24.3 Å². The second kappa shape index (κ2) is 7.03. The van der Waals surface area contributed by atoms with Gasteiger partial charge >= 0.3 is 0 Å². The summed E-state index contributed by atoms with van der Waals surface area (Å²) in [4.78, 5) is 48.0. The Kier molecular flexibility index (Phi) is 4.77. The molecule has 0 aromatic heterocycles. The van der Waals surface area contributed by atoms with Crippen molar-refractivity contribution in [2.75, 3.05) is 0 Å². The van der Waals surface area contributed by atoms with E-state index in [0.717, 1.165) is 0 Å². The zero-order valence-electron chi connectivity index (χ0n) is 14.7. The summed E-state index contributed by atoms with van der Waals surface area (Å²) < 4.78 is 0. The highest BCUT2D eigenvalue weighted by atomic mass is 16.4. The monoisotopic (exact) mass is 365 g/mol. The van der Waals surface area contributed by atoms with Crippen LogP contribution in [0.4, 0.5) is 0 Å². The minimum atomic E-state index is -1.42. The molecule has 138 valence electrons. The molecule has 7 nitrogen and oxygen atoms in total. The van der Waals surface area contributed by atoms with Crippen molar-refractivity contribution >= 4 is 23.6 Å². The molecule has 0 aliphatic heterocycles. The summed E-state index contributed by atoms with van der Waals surface area (Å²) in [6.07, 6.45) is 0. The third-order valence-electron chi connectivity index (χ3n) is 4.45. The molecule has 0 saturated heterocycles. The predicted molar refractivity (Wildman–Crippen MR) is 94.9 cm³/mol. The van der Waals surface area contributed by atoms with Crippen molar-refractivity contribution in [1.82, 2.24) is 10.6 Å². The number of ketones is 1. The number of aliphatic carboxylic acids is 1. The Bertz CT molecular complexity index is 967. The minimum absolute atomic E-state index is 0.149. The first-order chi connectivity index (χ1) is 12.8. The molecule has 0 unspecified atom stereocenters. The molecular formula is C20H17N2O5-. The first-order valence-electron chi connectivity index (χ1n) is 8.40. The van der Waals surface area contributed by atoms with Crippen molar-refractivity contribution in [1.29, 1.82) is 0 Å². The van der Waals surface area contributed by atoms with Crippen molar-refractivity contribution in [3.05, 3.63) is 59.2 Å². The van der Waals surface area contributed by atoms with E-state index in [4.69, 9.17) is 0 Å². The molecule has 3 rings (SSSR count). The number of carboxylic acid groups (broad SMARTS) is 1. The number of hydrogen-bond donors (Lipinski definition) is 2. The van der Waals surface area contributed by atoms with Crippen LogP contribution in [0, 0.1) is 0 Å². The Morgan fingerprint density at radius 2 is 1.48 bits per heavy atom. The number of nitrogens with one attached hydrogen (secondary N) is 2. The van der Waals surface area contributed by atoms with Crippen LogP contribution >= 0.6 is 0 Å². The summed E-state index contributed by atoms with van der Waals surface area (Å²) in [6.45, 7) is 2.71. The lowest BCUT2D eigenvalue weighted by Crippen LogP contribution is -2.52. The molecule has 2 aromatic carbocycles. The van der Waals surface area contributed by atoms with E-state index in [9.17, 15) is 24.3 Å². The van der Waals surface area contributed by atoms with Gasteiger partial charge in [0.05, 0.1) is 12.0 Å². The Labute approximate surface area is 155 Å². The molecule has 0 radical (unpaired) electrons. The second-order valence-electron chi connectivity index (χ2n) is 6.35. The van der Waals surface area contributed by atoms with Crippen molar-refractivity contribution in [2.45, 2.75) is 25.9 Å². The number of carbonyl (C=O) groups is 4. The van der Waals surface area contributed by atoms with E-state index in [-0.39, 0.29) is 11.3 Å². The molecule has 1 aliphatic carbocycles. The fraction of sp³-hybridized carbons (Fsp3) is 0.200. The molecule has 7 heteroatoms. The smallest absolute Gasteiger partial charge is 0.252 e. The number of amides is 2. The highest BCUT2D eigenvalue weighted by Gasteiger charge is 2.30. The zero-order valence-corrected chi connectivity index (χ0v) is 14.7. The van der Waals surface area contributed by atoms with Crippen LogP contribution in [-0.2, 0) is 9.59 Å². The standard InChI is InChI=1S/C20H18N2O5/c1-10(18(24)22-11(2)20(26)27)21-19(25)15-9-5-8-14-16(15)12-6-3-4-7-13(12)17(14)23/h3-11H,1-2H3,(H,21,25)(H,22,24)(H,26,27)/p-1/t10-,11-/m0/s1. The maximum Gasteiger partial charge on any atom is 0.252 e. The predicted octanol–water partition coefficient (Wildman–Crippen LogP) is 0.271. The third kappa shape index (κ3) is 3.31. The quantitative estimate of drug-likeness (QED) is 0.673. The van der Waals surface area contributed by atoms with Gasteiger partial charge in [0.15, 0.2) is 5.78 Å². The first-order valence-corrected chi connectivity index (χ1v) is 8.40. The highest BCUT2D eigenvalue weighted by molar-refractivity contribution is 6.24. The molecule has 0 fully saturated rings. The van der Waals surface area contributed by atoms with Gasteiger partial charge in [0.1, 0.15) is 6.04 Å². The molecule has 0 spiro atoms. The lowest BCUT2D eigenvalue weighted by molar-refractivity contribution is -0.307. The molecule has 27 heavy (non-hydrogen) atoms. The van der Waals surface area contributed by atoms with Gasteiger partial charge in [0, 0.05) is 22.3 Å². The van der Waals surface area contributed by atoms with Crippen molar-refractivity contribution in [3.63, 3.8) is 0 Å². The molecular weight excluding hydrogens is 348 g/mol. The maximum absolute atomic E-state index is 12.7. The van der Waals surface area contributed by atoms with Gasteiger partial charge in [-0.25, -0.2) is 0 Å². The van der Waals surface area contributed by atoms with E-state index in [1.54, 1.807) is 42.5 Å². The number of carboxylic acids is 1. The van der Waals surface area contributed by atoms with Gasteiger partial charge in [-0.05, 0) is 25.5 Å². The number of rotatable bonds is 5. The summed E-state index contributed by atoms with van der Waals surface area (Å²) in [5.74, 6) is -2.74. The zero-order chi connectivity index (χ0) is 19.7. The first kappa shape index (κ1) is 18.3. The molecule has 0 saturated carbocycles. The minimum Gasteiger partial charge on any atom is -0.548 e. The van der Waals surface area contributed by atoms with Crippen LogP contribution in [0.15, 0.2) is 42.5 Å². The number of benzene rings is 2. The molecule has 1 aliphatic rings. The average Bonchev–Trinajstić information content (AvgIpc) is 2.94. The van der Waals surface area contributed by atoms with Crippen LogP contribution in [0.25, 0.3) is 11.1 Å². The number of fused-ring (bicyclic) bond motifs is 3. The Morgan fingerprint density at radius 1 is 0.852 bits per heavy atom. The number of hydrogen-bond acceptors (Lipinski definition) is 5. The summed E-state index contributed by atoms with van der Waals surface area (Å²) in [6, 6.07) is 9.72. The fourth-order valence-corrected chi connectivity index (χ4v) is 3.00. The molecule has 0 heterocycles. The van der Waals surface area contributed by atoms with E-state index < -0.39 is 29.9 Å². The van der Waals surface area contributed by atoms with E-state index in [1.807, 2.05) is 0 Å². The highest BCUT2D eigenvalue weighted by Crippen LogP contribution is 2.38. The van der Waals surface area contributed by atoms with Gasteiger partial charge in [-0.2, -0.15) is 0 Å². The van der Waals surface area contributed by atoms with Crippen LogP contribution in [0.5, 0.6) is 0 Å². The van der Waals surface area contributed by atoms with E-state index in [1.165, 1.54) is 13.8 Å². The van der Waals surface area contributed by atoms with Gasteiger partial charge in [0.25, 0.3) is 5.91 Å². The lowest BCUT2D eigenvalue weighted by atomic mass is 9.98. The molecule has 2 amide bonds. The third-order valence-corrected chi connectivity index (χ3v) is 4.45. The van der Waals surface area contributed by atoms with Gasteiger partial charge in [-0.1, -0.05) is 36.4 Å². The van der Waals surface area contributed by atoms with E-state index in [0.29, 0.717) is 22.3 Å². The normalized spacial score (nSPS) is 13.9. The average molecular weight is 365 g/mol. The largest absolute Gasteiger partial charge is 0.548 e. The number of carbonyl (C=O) groups excluding carboxylic acids is 4. The summed E-state index contributed by atoms with van der Waals surface area (Å²) in [5.41, 5.74) is 2.45. The lowest BCUT2D eigenvalue weighted by Gasteiger charge is -2.19. The Balaban J connectivity index is 1.85. The van der Waals surface area contributed by atoms with E-state index >= 15 is 0 Å². The Hall–Kier alpha value is -3.48. The van der Waals surface area contributed by atoms with Crippen molar-refractivity contribution in [2.24, 2.45) is 0 Å².